The first-order valence-corrected chi connectivity index (χ1v) is 5.27. The van der Waals surface area contributed by atoms with Crippen molar-refractivity contribution in [3.8, 4) is 0 Å². The minimum absolute atomic E-state index is 0.0262. The van der Waals surface area contributed by atoms with Crippen molar-refractivity contribution in [3.63, 3.8) is 0 Å². The first kappa shape index (κ1) is 13.1. The van der Waals surface area contributed by atoms with Crippen molar-refractivity contribution in [2.45, 2.75) is 23.6 Å². The maximum absolute atomic E-state index is 12.4. The maximum Gasteiger partial charge on any atom is 0.421 e. The normalized spacial score (nSPS) is 17.9. The highest BCUT2D eigenvalue weighted by atomic mass is 32.2. The van der Waals surface area contributed by atoms with E-state index in [2.05, 4.69) is 0 Å². The molecule has 0 saturated carbocycles. The van der Waals surface area contributed by atoms with Crippen LogP contribution in [0.4, 0.5) is 13.2 Å². The molecule has 0 radical (unpaired) electrons. The molecular weight excluding hydrogens is 245 g/mol. The van der Waals surface area contributed by atoms with E-state index in [0.29, 0.717) is 6.92 Å². The van der Waals surface area contributed by atoms with E-state index < -0.39 is 22.9 Å². The van der Waals surface area contributed by atoms with Crippen LogP contribution in [0.15, 0.2) is 29.2 Å². The molecule has 0 aromatic heterocycles. The van der Waals surface area contributed by atoms with Crippen LogP contribution in [0.2, 0.25) is 0 Å². The van der Waals surface area contributed by atoms with Crippen molar-refractivity contribution >= 4 is 11.1 Å². The van der Waals surface area contributed by atoms with Gasteiger partial charge >= 0.3 is 6.18 Å². The highest BCUT2D eigenvalue weighted by Crippen LogP contribution is 2.38. The molecule has 0 aliphatic heterocycles. The second-order valence-electron chi connectivity index (χ2n) is 3.34. The Bertz CT molecular complexity index is 397. The molecular formula is C9H9F3O3S. The van der Waals surface area contributed by atoms with Crippen LogP contribution in [0, 0.1) is 0 Å². The summed E-state index contributed by atoms with van der Waals surface area (Å²) in [6.45, 7) is 0.623. The summed E-state index contributed by atoms with van der Waals surface area (Å²) in [5, 5.41) is 9.29. The molecule has 1 aromatic rings. The van der Waals surface area contributed by atoms with Gasteiger partial charge in [0.2, 0.25) is 0 Å². The fourth-order valence-corrected chi connectivity index (χ4v) is 1.43. The number of hydrogen-bond acceptors (Lipinski definition) is 2. The number of aliphatic hydroxyl groups is 1. The van der Waals surface area contributed by atoms with Crippen molar-refractivity contribution in [3.05, 3.63) is 29.8 Å². The summed E-state index contributed by atoms with van der Waals surface area (Å²) < 4.78 is 56.5. The number of alkyl halides is 3. The first-order valence-electron chi connectivity index (χ1n) is 4.17. The third-order valence-electron chi connectivity index (χ3n) is 2.17. The summed E-state index contributed by atoms with van der Waals surface area (Å²) in [7, 11) is 0. The predicted octanol–water partition coefficient (Wildman–Crippen LogP) is 2.04. The second kappa shape index (κ2) is 4.15. The highest BCUT2D eigenvalue weighted by Gasteiger charge is 2.51. The quantitative estimate of drug-likeness (QED) is 0.794. The Hall–Kier alpha value is -0.920. The lowest BCUT2D eigenvalue weighted by atomic mass is 9.96. The second-order valence-corrected chi connectivity index (χ2v) is 4.31. The van der Waals surface area contributed by atoms with Gasteiger partial charge in [-0.1, -0.05) is 12.1 Å². The molecule has 0 amide bonds. The Morgan fingerprint density at radius 2 is 1.62 bits per heavy atom. The van der Waals surface area contributed by atoms with Gasteiger partial charge in [0, 0.05) is 0 Å². The van der Waals surface area contributed by atoms with Crippen LogP contribution in [-0.4, -0.2) is 20.0 Å². The summed E-state index contributed by atoms with van der Waals surface area (Å²) in [6, 6.07) is 4.06. The van der Waals surface area contributed by atoms with Crippen molar-refractivity contribution in [2.75, 3.05) is 0 Å². The molecule has 1 rings (SSSR count). The lowest BCUT2D eigenvalue weighted by Gasteiger charge is -2.26. The monoisotopic (exact) mass is 254 g/mol. The van der Waals surface area contributed by atoms with Crippen molar-refractivity contribution in [2.24, 2.45) is 0 Å². The van der Waals surface area contributed by atoms with E-state index in [0.717, 1.165) is 24.3 Å². The van der Waals surface area contributed by atoms with Crippen LogP contribution in [-0.2, 0) is 16.7 Å². The molecule has 0 fully saturated rings. The summed E-state index contributed by atoms with van der Waals surface area (Å²) in [5.74, 6) is 0. The van der Waals surface area contributed by atoms with Gasteiger partial charge in [-0.05, 0) is 24.6 Å². The molecule has 0 aliphatic rings. The molecule has 0 spiro atoms. The molecule has 7 heteroatoms. The van der Waals surface area contributed by atoms with E-state index in [1.54, 1.807) is 0 Å². The van der Waals surface area contributed by atoms with Gasteiger partial charge in [-0.3, -0.25) is 0 Å². The Labute approximate surface area is 92.2 Å². The Balaban J connectivity index is 3.11. The number of halogens is 3. The molecule has 0 heterocycles. The van der Waals surface area contributed by atoms with Crippen LogP contribution >= 0.6 is 0 Å². The van der Waals surface area contributed by atoms with E-state index in [4.69, 9.17) is 4.55 Å². The number of hydrogen-bond donors (Lipinski definition) is 2. The molecule has 2 atom stereocenters. The highest BCUT2D eigenvalue weighted by molar-refractivity contribution is 7.79. The Kier molecular flexibility index (Phi) is 3.41. The molecule has 0 saturated heterocycles. The molecule has 0 aliphatic carbocycles. The largest absolute Gasteiger partial charge is 0.421 e. The molecule has 2 N–H and O–H groups in total. The van der Waals surface area contributed by atoms with Gasteiger partial charge in [-0.2, -0.15) is 13.2 Å². The van der Waals surface area contributed by atoms with Crippen molar-refractivity contribution in [1.82, 2.24) is 0 Å². The average molecular weight is 254 g/mol. The zero-order chi connectivity index (χ0) is 12.6. The van der Waals surface area contributed by atoms with Gasteiger partial charge < -0.3 is 9.66 Å². The van der Waals surface area contributed by atoms with Gasteiger partial charge in [0.1, 0.15) is 0 Å². The molecule has 2 unspecified atom stereocenters. The van der Waals surface area contributed by atoms with Crippen molar-refractivity contribution < 1.29 is 27.0 Å². The van der Waals surface area contributed by atoms with Crippen molar-refractivity contribution in [1.29, 1.82) is 0 Å². The third-order valence-corrected chi connectivity index (χ3v) is 2.85. The summed E-state index contributed by atoms with van der Waals surface area (Å²) in [5.41, 5.74) is -3.35. The molecule has 90 valence electrons. The Morgan fingerprint density at radius 1 is 1.19 bits per heavy atom. The van der Waals surface area contributed by atoms with E-state index in [-0.39, 0.29) is 10.5 Å². The standard InChI is InChI=1S/C9H9F3O3S/c1-8(13,9(10,11)12)6-2-4-7(5-3-6)16(14)15/h2-5,13H,1H3,(H,14,15). The minimum Gasteiger partial charge on any atom is -0.376 e. The van der Waals surface area contributed by atoms with Crippen LogP contribution < -0.4 is 0 Å². The summed E-state index contributed by atoms with van der Waals surface area (Å²) in [6.07, 6.45) is -4.80. The topological polar surface area (TPSA) is 57.5 Å². The van der Waals surface area contributed by atoms with Gasteiger partial charge in [-0.15, -0.1) is 0 Å². The third kappa shape index (κ3) is 2.42. The summed E-state index contributed by atoms with van der Waals surface area (Å²) >= 11 is -2.25. The van der Waals surface area contributed by atoms with Gasteiger partial charge in [0.15, 0.2) is 16.7 Å². The number of rotatable bonds is 2. The van der Waals surface area contributed by atoms with E-state index >= 15 is 0 Å². The maximum atomic E-state index is 12.4. The average Bonchev–Trinajstić information content (AvgIpc) is 2.16. The first-order chi connectivity index (χ1) is 7.16. The van der Waals surface area contributed by atoms with E-state index in [1.807, 2.05) is 0 Å². The lowest BCUT2D eigenvalue weighted by molar-refractivity contribution is -0.258. The van der Waals surface area contributed by atoms with Crippen LogP contribution in [0.1, 0.15) is 12.5 Å². The summed E-state index contributed by atoms with van der Waals surface area (Å²) in [4.78, 5) is -0.0262. The fraction of sp³-hybridized carbons (Fsp3) is 0.333. The zero-order valence-corrected chi connectivity index (χ0v) is 8.97. The SMILES string of the molecule is CC(O)(c1ccc(S(=O)O)cc1)C(F)(F)F. The predicted molar refractivity (Wildman–Crippen MR) is 51.1 cm³/mol. The Morgan fingerprint density at radius 3 is 1.94 bits per heavy atom. The lowest BCUT2D eigenvalue weighted by Crippen LogP contribution is -2.39. The van der Waals surface area contributed by atoms with E-state index in [9.17, 15) is 22.5 Å². The van der Waals surface area contributed by atoms with E-state index in [1.165, 1.54) is 0 Å². The minimum atomic E-state index is -4.80. The molecule has 3 nitrogen and oxygen atoms in total. The number of benzene rings is 1. The van der Waals surface area contributed by atoms with Gasteiger partial charge in [0.25, 0.3) is 0 Å². The zero-order valence-electron chi connectivity index (χ0n) is 8.15. The van der Waals surface area contributed by atoms with Crippen LogP contribution in [0.25, 0.3) is 0 Å². The van der Waals surface area contributed by atoms with Crippen LogP contribution in [0.3, 0.4) is 0 Å². The van der Waals surface area contributed by atoms with Crippen LogP contribution in [0.5, 0.6) is 0 Å². The van der Waals surface area contributed by atoms with Gasteiger partial charge in [0.05, 0.1) is 4.90 Å². The van der Waals surface area contributed by atoms with Gasteiger partial charge in [-0.25, -0.2) is 4.21 Å². The smallest absolute Gasteiger partial charge is 0.376 e. The fourth-order valence-electron chi connectivity index (χ4n) is 1.06. The molecule has 0 bridgehead atoms. The molecule has 16 heavy (non-hydrogen) atoms. The molecule has 1 aromatic carbocycles.